The summed E-state index contributed by atoms with van der Waals surface area (Å²) in [5, 5.41) is 24.0. The zero-order valence-corrected chi connectivity index (χ0v) is 24.4. The highest BCUT2D eigenvalue weighted by atomic mass is 15.0. The third kappa shape index (κ3) is 2.72. The number of rotatable bonds is 2. The van der Waals surface area contributed by atoms with Gasteiger partial charge >= 0.3 is 0 Å². The molecule has 0 spiro atoms. The molecular formula is C41H21N5. The molecule has 0 fully saturated rings. The van der Waals surface area contributed by atoms with Crippen molar-refractivity contribution in [3.8, 4) is 17.4 Å². The van der Waals surface area contributed by atoms with E-state index in [0.717, 1.165) is 60.5 Å². The second-order valence-electron chi connectivity index (χ2n) is 12.1. The molecule has 0 aliphatic heterocycles. The van der Waals surface area contributed by atoms with Crippen molar-refractivity contribution in [2.24, 2.45) is 0 Å². The van der Waals surface area contributed by atoms with Crippen LogP contribution in [0.2, 0.25) is 0 Å². The maximum absolute atomic E-state index is 11.0. The van der Waals surface area contributed by atoms with E-state index in [1.54, 1.807) is 6.33 Å². The Balaban J connectivity index is 1.30. The van der Waals surface area contributed by atoms with E-state index in [4.69, 9.17) is 4.98 Å². The molecule has 46 heavy (non-hydrogen) atoms. The summed E-state index contributed by atoms with van der Waals surface area (Å²) in [6.45, 7) is 0. The summed E-state index contributed by atoms with van der Waals surface area (Å²) >= 11 is 0. The molecule has 3 heterocycles. The summed E-state index contributed by atoms with van der Waals surface area (Å²) in [6.07, 6.45) is 3.53. The van der Waals surface area contributed by atoms with Crippen LogP contribution in [0.15, 0.2) is 128 Å². The van der Waals surface area contributed by atoms with E-state index in [9.17, 15) is 5.26 Å². The second-order valence-corrected chi connectivity index (χ2v) is 12.1. The van der Waals surface area contributed by atoms with Crippen LogP contribution < -0.4 is 0 Å². The number of nitrogens with zero attached hydrogens (tertiary/aromatic N) is 5. The van der Waals surface area contributed by atoms with Crippen molar-refractivity contribution < 1.29 is 0 Å². The molecule has 0 unspecified atom stereocenters. The van der Waals surface area contributed by atoms with Gasteiger partial charge in [-0.05, 0) is 63.3 Å². The van der Waals surface area contributed by atoms with Gasteiger partial charge in [0.05, 0.1) is 39.0 Å². The Labute approximate surface area is 261 Å². The van der Waals surface area contributed by atoms with Crippen LogP contribution in [-0.4, -0.2) is 19.1 Å². The van der Waals surface area contributed by atoms with E-state index < -0.39 is 0 Å². The summed E-state index contributed by atoms with van der Waals surface area (Å²) in [5.74, 6) is 0. The molecule has 11 aromatic rings. The SMILES string of the molecule is N#Cc1c(-n2c3cccc4c5ccccc5c5cccc2c5c43)cccc1-n1c2cccc3c4cncnc4c4cccc1c4c32. The standard InChI is InChI=1S/C41H21N5/c42-20-29-31(45-33-16-3-10-25-23-8-1-2-9-24(23)26-11-4-17-34(45)38(26)37(25)33)14-7-15-32(29)46-35-18-5-12-27-30-21-43-22-44-41(30)28-13-6-19-36(46)40(28)39(27)35/h1-19,21-22H. The van der Waals surface area contributed by atoms with E-state index in [1.807, 2.05) is 6.20 Å². The monoisotopic (exact) mass is 583 g/mol. The van der Waals surface area contributed by atoms with Gasteiger partial charge < -0.3 is 9.13 Å². The van der Waals surface area contributed by atoms with Crippen molar-refractivity contribution in [3.63, 3.8) is 0 Å². The average molecular weight is 584 g/mol. The highest BCUT2D eigenvalue weighted by Crippen LogP contribution is 2.46. The van der Waals surface area contributed by atoms with Gasteiger partial charge in [-0.25, -0.2) is 9.97 Å². The third-order valence-electron chi connectivity index (χ3n) is 10.0. The minimum absolute atomic E-state index is 0.625. The molecular weight excluding hydrogens is 562 g/mol. The van der Waals surface area contributed by atoms with Crippen LogP contribution in [0.1, 0.15) is 5.56 Å². The van der Waals surface area contributed by atoms with E-state index in [-0.39, 0.29) is 0 Å². The minimum atomic E-state index is 0.625. The van der Waals surface area contributed by atoms with Crippen molar-refractivity contribution in [1.82, 2.24) is 19.1 Å². The molecule has 5 nitrogen and oxygen atoms in total. The first-order valence-corrected chi connectivity index (χ1v) is 15.4. The largest absolute Gasteiger partial charge is 0.308 e. The minimum Gasteiger partial charge on any atom is -0.308 e. The lowest BCUT2D eigenvalue weighted by Gasteiger charge is -2.15. The second kappa shape index (κ2) is 8.35. The summed E-state index contributed by atoms with van der Waals surface area (Å²) < 4.78 is 4.55. The number of hydrogen-bond acceptors (Lipinski definition) is 3. The molecule has 0 saturated carbocycles. The molecule has 0 N–H and O–H groups in total. The van der Waals surface area contributed by atoms with Gasteiger partial charge in [-0.1, -0.05) is 78.9 Å². The van der Waals surface area contributed by atoms with Gasteiger partial charge in [0.15, 0.2) is 0 Å². The summed E-state index contributed by atoms with van der Waals surface area (Å²) in [4.78, 5) is 9.08. The van der Waals surface area contributed by atoms with Crippen molar-refractivity contribution in [2.45, 2.75) is 0 Å². The maximum atomic E-state index is 11.0. The fourth-order valence-electron chi connectivity index (χ4n) is 8.32. The molecule has 0 saturated heterocycles. The molecule has 0 atom stereocenters. The number of benzene rings is 8. The molecule has 3 aromatic heterocycles. The highest BCUT2D eigenvalue weighted by molar-refractivity contribution is 6.35. The van der Waals surface area contributed by atoms with Crippen LogP contribution in [0.25, 0.3) is 98.2 Å². The first kappa shape index (κ1) is 23.9. The lowest BCUT2D eigenvalue weighted by molar-refractivity contribution is 1.12. The van der Waals surface area contributed by atoms with E-state index in [0.29, 0.717) is 5.56 Å². The Morgan fingerprint density at radius 3 is 1.41 bits per heavy atom. The van der Waals surface area contributed by atoms with Gasteiger partial charge in [0, 0.05) is 38.5 Å². The van der Waals surface area contributed by atoms with Crippen LogP contribution in [0, 0.1) is 11.3 Å². The summed E-state index contributed by atoms with van der Waals surface area (Å²) in [7, 11) is 0. The van der Waals surface area contributed by atoms with Crippen LogP contribution in [0.4, 0.5) is 0 Å². The first-order valence-electron chi connectivity index (χ1n) is 15.4. The lowest BCUT2D eigenvalue weighted by Crippen LogP contribution is -2.03. The van der Waals surface area contributed by atoms with Crippen molar-refractivity contribution in [1.29, 1.82) is 5.26 Å². The van der Waals surface area contributed by atoms with E-state index >= 15 is 0 Å². The van der Waals surface area contributed by atoms with Crippen LogP contribution in [0.5, 0.6) is 0 Å². The molecule has 210 valence electrons. The van der Waals surface area contributed by atoms with Gasteiger partial charge in [-0.15, -0.1) is 0 Å². The van der Waals surface area contributed by atoms with E-state index in [2.05, 4.69) is 135 Å². The van der Waals surface area contributed by atoms with Crippen LogP contribution >= 0.6 is 0 Å². The van der Waals surface area contributed by atoms with Gasteiger partial charge in [0.1, 0.15) is 18.0 Å². The molecule has 8 aromatic carbocycles. The molecule has 0 amide bonds. The fourth-order valence-corrected chi connectivity index (χ4v) is 8.32. The van der Waals surface area contributed by atoms with Crippen molar-refractivity contribution in [3.05, 3.63) is 133 Å². The zero-order valence-electron chi connectivity index (χ0n) is 24.4. The Morgan fingerprint density at radius 2 is 0.891 bits per heavy atom. The normalized spacial score (nSPS) is 12.3. The smallest absolute Gasteiger partial charge is 0.116 e. The topological polar surface area (TPSA) is 59.4 Å². The molecule has 0 radical (unpaired) electrons. The van der Waals surface area contributed by atoms with Gasteiger partial charge in [-0.2, -0.15) is 5.26 Å². The number of fused-ring (bicyclic) bond motifs is 6. The summed E-state index contributed by atoms with van der Waals surface area (Å²) in [5.41, 5.74) is 7.60. The van der Waals surface area contributed by atoms with Gasteiger partial charge in [0.25, 0.3) is 0 Å². The number of hydrogen-bond donors (Lipinski definition) is 0. The predicted molar refractivity (Wildman–Crippen MR) is 188 cm³/mol. The maximum Gasteiger partial charge on any atom is 0.116 e. The average Bonchev–Trinajstić information content (AvgIpc) is 3.64. The van der Waals surface area contributed by atoms with Crippen LogP contribution in [-0.2, 0) is 0 Å². The predicted octanol–water partition coefficient (Wildman–Crippen LogP) is 10.0. The third-order valence-corrected chi connectivity index (χ3v) is 10.0. The summed E-state index contributed by atoms with van der Waals surface area (Å²) in [6, 6.07) is 43.4. The zero-order chi connectivity index (χ0) is 30.1. The first-order chi connectivity index (χ1) is 22.8. The number of nitriles is 1. The molecule has 0 aliphatic carbocycles. The van der Waals surface area contributed by atoms with Crippen molar-refractivity contribution >= 4 is 86.8 Å². The van der Waals surface area contributed by atoms with Gasteiger partial charge in [-0.3, -0.25) is 0 Å². The molecule has 5 heteroatoms. The van der Waals surface area contributed by atoms with E-state index in [1.165, 1.54) is 37.7 Å². The Morgan fingerprint density at radius 1 is 0.457 bits per heavy atom. The highest BCUT2D eigenvalue weighted by Gasteiger charge is 2.25. The Hall–Kier alpha value is -6.51. The Kier molecular flexibility index (Phi) is 4.34. The lowest BCUT2D eigenvalue weighted by atomic mass is 9.95. The van der Waals surface area contributed by atoms with Crippen LogP contribution in [0.3, 0.4) is 0 Å². The fraction of sp³-hybridized carbons (Fsp3) is 0. The quantitative estimate of drug-likeness (QED) is 0.190. The molecule has 0 bridgehead atoms. The molecule has 0 aliphatic rings. The molecule has 11 rings (SSSR count). The van der Waals surface area contributed by atoms with Crippen molar-refractivity contribution in [2.75, 3.05) is 0 Å². The van der Waals surface area contributed by atoms with Gasteiger partial charge in [0.2, 0.25) is 0 Å². The Bertz CT molecular complexity index is 2720. The number of aromatic nitrogens is 4.